The molecule has 0 fully saturated rings. The Labute approximate surface area is 112 Å². The van der Waals surface area contributed by atoms with E-state index in [4.69, 9.17) is 0 Å². The molecule has 0 saturated carbocycles. The number of carbonyl (C=O) groups excluding carboxylic acids is 1. The van der Waals surface area contributed by atoms with Gasteiger partial charge in [0.15, 0.2) is 0 Å². The lowest BCUT2D eigenvalue weighted by Gasteiger charge is -2.04. The van der Waals surface area contributed by atoms with Crippen LogP contribution in [0.3, 0.4) is 0 Å². The lowest BCUT2D eigenvalue weighted by atomic mass is 10.1. The summed E-state index contributed by atoms with van der Waals surface area (Å²) in [5.74, 6) is 0.136. The average Bonchev–Trinajstić information content (AvgIpc) is 2.91. The van der Waals surface area contributed by atoms with E-state index in [2.05, 4.69) is 28.9 Å². The van der Waals surface area contributed by atoms with Gasteiger partial charge in [0.05, 0.1) is 0 Å². The van der Waals surface area contributed by atoms with Gasteiger partial charge in [0.1, 0.15) is 0 Å². The smallest absolute Gasteiger partial charge is 0.220 e. The van der Waals surface area contributed by atoms with E-state index in [0.717, 1.165) is 12.8 Å². The maximum Gasteiger partial charge on any atom is 0.220 e. The molecule has 0 aliphatic carbocycles. The minimum atomic E-state index is 0.136. The van der Waals surface area contributed by atoms with Crippen molar-refractivity contribution in [2.75, 3.05) is 6.54 Å². The molecule has 1 aromatic carbocycles. The summed E-state index contributed by atoms with van der Waals surface area (Å²) in [6.07, 6.45) is 2.30. The number of rotatable bonds is 6. The van der Waals surface area contributed by atoms with Crippen molar-refractivity contribution < 1.29 is 4.79 Å². The van der Waals surface area contributed by atoms with Crippen LogP contribution in [0.2, 0.25) is 0 Å². The molecule has 0 spiro atoms. The van der Waals surface area contributed by atoms with Gasteiger partial charge in [-0.25, -0.2) is 0 Å². The van der Waals surface area contributed by atoms with Gasteiger partial charge in [-0.05, 0) is 40.8 Å². The number of benzene rings is 1. The Morgan fingerprint density at radius 2 is 1.89 bits per heavy atom. The van der Waals surface area contributed by atoms with Crippen molar-refractivity contribution in [1.29, 1.82) is 0 Å². The molecule has 0 radical (unpaired) electrons. The molecule has 2 aromatic rings. The lowest BCUT2D eigenvalue weighted by molar-refractivity contribution is -0.121. The van der Waals surface area contributed by atoms with Gasteiger partial charge in [-0.15, -0.1) is 0 Å². The summed E-state index contributed by atoms with van der Waals surface area (Å²) in [6.45, 7) is 0.715. The molecule has 2 rings (SSSR count). The van der Waals surface area contributed by atoms with Crippen molar-refractivity contribution in [2.45, 2.75) is 19.3 Å². The molecule has 0 unspecified atom stereocenters. The molecular formula is C15H17NOS. The summed E-state index contributed by atoms with van der Waals surface area (Å²) in [4.78, 5) is 11.6. The second-order valence-corrected chi connectivity index (χ2v) is 5.00. The van der Waals surface area contributed by atoms with Gasteiger partial charge in [-0.2, -0.15) is 11.3 Å². The van der Waals surface area contributed by atoms with Crippen molar-refractivity contribution in [2.24, 2.45) is 0 Å². The summed E-state index contributed by atoms with van der Waals surface area (Å²) in [5, 5.41) is 7.10. The highest BCUT2D eigenvalue weighted by atomic mass is 32.1. The van der Waals surface area contributed by atoms with Crippen LogP contribution >= 0.6 is 11.3 Å². The average molecular weight is 259 g/mol. The third-order valence-corrected chi connectivity index (χ3v) is 3.53. The zero-order valence-corrected chi connectivity index (χ0v) is 11.1. The summed E-state index contributed by atoms with van der Waals surface area (Å²) in [7, 11) is 0. The molecule has 0 aliphatic rings. The molecule has 0 saturated heterocycles. The number of aryl methyl sites for hydroxylation is 1. The fraction of sp³-hybridized carbons (Fsp3) is 0.267. The molecular weight excluding hydrogens is 242 g/mol. The van der Waals surface area contributed by atoms with Crippen molar-refractivity contribution in [3.05, 3.63) is 58.3 Å². The quantitative estimate of drug-likeness (QED) is 0.849. The summed E-state index contributed by atoms with van der Waals surface area (Å²) in [6, 6.07) is 12.3. The second kappa shape index (κ2) is 6.97. The molecule has 0 bridgehead atoms. The molecule has 0 atom stereocenters. The van der Waals surface area contributed by atoms with Crippen LogP contribution in [0, 0.1) is 0 Å². The monoisotopic (exact) mass is 259 g/mol. The lowest BCUT2D eigenvalue weighted by Crippen LogP contribution is -2.25. The Morgan fingerprint density at radius 3 is 2.61 bits per heavy atom. The van der Waals surface area contributed by atoms with Gasteiger partial charge in [0, 0.05) is 13.0 Å². The van der Waals surface area contributed by atoms with Crippen LogP contribution < -0.4 is 5.32 Å². The Morgan fingerprint density at radius 1 is 1.06 bits per heavy atom. The highest BCUT2D eigenvalue weighted by Crippen LogP contribution is 2.08. The zero-order chi connectivity index (χ0) is 12.6. The molecule has 2 nitrogen and oxygen atoms in total. The molecule has 1 amide bonds. The molecule has 0 aliphatic heterocycles. The van der Waals surface area contributed by atoms with Crippen LogP contribution in [0.4, 0.5) is 0 Å². The zero-order valence-electron chi connectivity index (χ0n) is 10.3. The Hall–Kier alpha value is -1.61. The fourth-order valence-electron chi connectivity index (χ4n) is 1.77. The van der Waals surface area contributed by atoms with Crippen LogP contribution in [-0.2, 0) is 17.6 Å². The van der Waals surface area contributed by atoms with E-state index in [0.29, 0.717) is 13.0 Å². The van der Waals surface area contributed by atoms with Gasteiger partial charge in [-0.1, -0.05) is 30.3 Å². The first-order valence-corrected chi connectivity index (χ1v) is 7.10. The first-order valence-electron chi connectivity index (χ1n) is 6.16. The highest BCUT2D eigenvalue weighted by Gasteiger charge is 2.02. The SMILES string of the molecule is O=C(CCc1ccsc1)NCCc1ccccc1. The third-order valence-electron chi connectivity index (χ3n) is 2.80. The van der Waals surface area contributed by atoms with Crippen molar-refractivity contribution in [1.82, 2.24) is 5.32 Å². The Balaban J connectivity index is 1.63. The Bertz CT molecular complexity index is 465. The standard InChI is InChI=1S/C15H17NOS/c17-15(7-6-14-9-11-18-12-14)16-10-8-13-4-2-1-3-5-13/h1-5,9,11-12H,6-8,10H2,(H,16,17). The molecule has 94 valence electrons. The van der Waals surface area contributed by atoms with Gasteiger partial charge < -0.3 is 5.32 Å². The van der Waals surface area contributed by atoms with E-state index < -0.39 is 0 Å². The molecule has 1 heterocycles. The maximum absolute atomic E-state index is 11.6. The summed E-state index contributed by atoms with van der Waals surface area (Å²) >= 11 is 1.67. The van der Waals surface area contributed by atoms with E-state index in [9.17, 15) is 4.79 Å². The molecule has 1 N–H and O–H groups in total. The first kappa shape index (κ1) is 12.8. The number of hydrogen-bond acceptors (Lipinski definition) is 2. The molecule has 3 heteroatoms. The van der Waals surface area contributed by atoms with Gasteiger partial charge in [-0.3, -0.25) is 4.79 Å². The van der Waals surface area contributed by atoms with E-state index in [-0.39, 0.29) is 5.91 Å². The maximum atomic E-state index is 11.6. The number of amides is 1. The van der Waals surface area contributed by atoms with E-state index >= 15 is 0 Å². The largest absolute Gasteiger partial charge is 0.356 e. The predicted octanol–water partition coefficient (Wildman–Crippen LogP) is 3.04. The van der Waals surface area contributed by atoms with Crippen molar-refractivity contribution in [3.8, 4) is 0 Å². The number of carbonyl (C=O) groups is 1. The van der Waals surface area contributed by atoms with Gasteiger partial charge in [0.25, 0.3) is 0 Å². The minimum absolute atomic E-state index is 0.136. The number of thiophene rings is 1. The molecule has 18 heavy (non-hydrogen) atoms. The van der Waals surface area contributed by atoms with Crippen LogP contribution in [-0.4, -0.2) is 12.5 Å². The topological polar surface area (TPSA) is 29.1 Å². The van der Waals surface area contributed by atoms with E-state index in [1.807, 2.05) is 23.6 Å². The summed E-state index contributed by atoms with van der Waals surface area (Å²) in [5.41, 5.74) is 2.51. The fourth-order valence-corrected chi connectivity index (χ4v) is 2.48. The van der Waals surface area contributed by atoms with E-state index in [1.54, 1.807) is 11.3 Å². The van der Waals surface area contributed by atoms with Crippen LogP contribution in [0.1, 0.15) is 17.5 Å². The van der Waals surface area contributed by atoms with Crippen LogP contribution in [0.5, 0.6) is 0 Å². The van der Waals surface area contributed by atoms with Gasteiger partial charge >= 0.3 is 0 Å². The van der Waals surface area contributed by atoms with Crippen molar-refractivity contribution in [3.63, 3.8) is 0 Å². The van der Waals surface area contributed by atoms with Crippen LogP contribution in [0.15, 0.2) is 47.2 Å². The predicted molar refractivity (Wildman–Crippen MR) is 75.8 cm³/mol. The summed E-state index contributed by atoms with van der Waals surface area (Å²) < 4.78 is 0. The third kappa shape index (κ3) is 4.34. The van der Waals surface area contributed by atoms with E-state index in [1.165, 1.54) is 11.1 Å². The normalized spacial score (nSPS) is 10.2. The Kier molecular flexibility index (Phi) is 4.97. The molecule has 1 aromatic heterocycles. The van der Waals surface area contributed by atoms with Gasteiger partial charge in [0.2, 0.25) is 5.91 Å². The van der Waals surface area contributed by atoms with Crippen molar-refractivity contribution >= 4 is 17.2 Å². The number of nitrogens with one attached hydrogen (secondary N) is 1. The highest BCUT2D eigenvalue weighted by molar-refractivity contribution is 7.07. The minimum Gasteiger partial charge on any atom is -0.356 e. The second-order valence-electron chi connectivity index (χ2n) is 4.22. The number of hydrogen-bond donors (Lipinski definition) is 1. The first-order chi connectivity index (χ1) is 8.84. The van der Waals surface area contributed by atoms with Crippen LogP contribution in [0.25, 0.3) is 0 Å².